The van der Waals surface area contributed by atoms with Gasteiger partial charge in [-0.1, -0.05) is 0 Å². The minimum atomic E-state index is -4.79. The molecule has 0 aliphatic rings. The van der Waals surface area contributed by atoms with Crippen LogP contribution >= 0.6 is 11.6 Å². The average Bonchev–Trinajstić information content (AvgIpc) is 2.19. The highest BCUT2D eigenvalue weighted by Gasteiger charge is 2.34. The largest absolute Gasteiger partial charge is 0.419 e. The first-order valence-electron chi connectivity index (χ1n) is 4.57. The molecule has 0 saturated heterocycles. The van der Waals surface area contributed by atoms with E-state index in [1.165, 1.54) is 0 Å². The number of anilines is 1. The maximum Gasteiger partial charge on any atom is 0.419 e. The fourth-order valence-corrected chi connectivity index (χ4v) is 1.30. The lowest BCUT2D eigenvalue weighted by molar-refractivity contribution is -0.140. The molecule has 1 rings (SSSR count). The van der Waals surface area contributed by atoms with Crippen LogP contribution in [-0.4, -0.2) is 11.8 Å². The lowest BCUT2D eigenvalue weighted by atomic mass is 10.2. The highest BCUT2D eigenvalue weighted by atomic mass is 35.5. The van der Waals surface area contributed by atoms with Gasteiger partial charge in [-0.3, -0.25) is 4.79 Å². The molecule has 0 radical (unpaired) electrons. The lowest BCUT2D eigenvalue weighted by Crippen LogP contribution is -2.14. The normalized spacial score (nSPS) is 11.4. The molecular weight excluding hydrogens is 262 g/mol. The fraction of sp³-hybridized carbons (Fsp3) is 0.300. The summed E-state index contributed by atoms with van der Waals surface area (Å²) in [5, 5.41) is 2.19. The standard InChI is InChI=1S/C10H8ClF4NO/c11-4-3-9(17)16-6-1-2-8(12)7(5-6)10(13,14)15/h1-2,5H,3-4H2,(H,16,17). The Kier molecular flexibility index (Phi) is 4.34. The molecular formula is C10H8ClF4NO. The second-order valence-electron chi connectivity index (χ2n) is 3.18. The van der Waals surface area contributed by atoms with Gasteiger partial charge in [0.1, 0.15) is 5.82 Å². The zero-order chi connectivity index (χ0) is 13.1. The molecule has 94 valence electrons. The molecule has 1 amide bonds. The van der Waals surface area contributed by atoms with Crippen molar-refractivity contribution in [2.24, 2.45) is 0 Å². The van der Waals surface area contributed by atoms with Crippen LogP contribution in [0.2, 0.25) is 0 Å². The molecule has 0 spiro atoms. The third-order valence-electron chi connectivity index (χ3n) is 1.88. The molecule has 0 aliphatic carbocycles. The van der Waals surface area contributed by atoms with Crippen molar-refractivity contribution < 1.29 is 22.4 Å². The van der Waals surface area contributed by atoms with E-state index >= 15 is 0 Å². The monoisotopic (exact) mass is 269 g/mol. The van der Waals surface area contributed by atoms with E-state index in [9.17, 15) is 22.4 Å². The van der Waals surface area contributed by atoms with Gasteiger partial charge in [-0.15, -0.1) is 11.6 Å². The Labute approximate surface area is 99.6 Å². The van der Waals surface area contributed by atoms with Crippen molar-refractivity contribution in [2.45, 2.75) is 12.6 Å². The van der Waals surface area contributed by atoms with Crippen LogP contribution in [0.4, 0.5) is 23.2 Å². The van der Waals surface area contributed by atoms with Crippen LogP contribution in [0.1, 0.15) is 12.0 Å². The van der Waals surface area contributed by atoms with E-state index in [0.29, 0.717) is 12.1 Å². The number of alkyl halides is 4. The molecule has 0 bridgehead atoms. The Morgan fingerprint density at radius 2 is 2.00 bits per heavy atom. The molecule has 1 N–H and O–H groups in total. The molecule has 0 aliphatic heterocycles. The van der Waals surface area contributed by atoms with E-state index in [-0.39, 0.29) is 18.0 Å². The molecule has 7 heteroatoms. The number of carbonyl (C=O) groups excluding carboxylic acids is 1. The Bertz CT molecular complexity index is 419. The van der Waals surface area contributed by atoms with Crippen LogP contribution < -0.4 is 5.32 Å². The van der Waals surface area contributed by atoms with Crippen LogP contribution in [-0.2, 0) is 11.0 Å². The third kappa shape index (κ3) is 3.89. The molecule has 17 heavy (non-hydrogen) atoms. The molecule has 0 saturated carbocycles. The van der Waals surface area contributed by atoms with Gasteiger partial charge in [0.15, 0.2) is 0 Å². The highest BCUT2D eigenvalue weighted by molar-refractivity contribution is 6.19. The first kappa shape index (κ1) is 13.8. The number of benzene rings is 1. The van der Waals surface area contributed by atoms with Gasteiger partial charge in [-0.25, -0.2) is 4.39 Å². The predicted molar refractivity (Wildman–Crippen MR) is 55.4 cm³/mol. The second kappa shape index (κ2) is 5.35. The fourth-order valence-electron chi connectivity index (χ4n) is 1.13. The van der Waals surface area contributed by atoms with Gasteiger partial charge in [0.05, 0.1) is 5.56 Å². The average molecular weight is 270 g/mol. The van der Waals surface area contributed by atoms with Gasteiger partial charge in [0.25, 0.3) is 0 Å². The second-order valence-corrected chi connectivity index (χ2v) is 3.56. The quantitative estimate of drug-likeness (QED) is 0.661. The van der Waals surface area contributed by atoms with Crippen molar-refractivity contribution in [3.8, 4) is 0 Å². The molecule has 1 aromatic carbocycles. The van der Waals surface area contributed by atoms with Crippen LogP contribution in [0.5, 0.6) is 0 Å². The van der Waals surface area contributed by atoms with Gasteiger partial charge in [-0.05, 0) is 18.2 Å². The summed E-state index contributed by atoms with van der Waals surface area (Å²) in [6, 6.07) is 2.25. The molecule has 0 atom stereocenters. The topological polar surface area (TPSA) is 29.1 Å². The zero-order valence-electron chi connectivity index (χ0n) is 8.44. The van der Waals surface area contributed by atoms with Crippen molar-refractivity contribution >= 4 is 23.2 Å². The van der Waals surface area contributed by atoms with Gasteiger partial charge in [0.2, 0.25) is 5.91 Å². The molecule has 0 aromatic heterocycles. The minimum absolute atomic E-state index is 0.0275. The smallest absolute Gasteiger partial charge is 0.326 e. The van der Waals surface area contributed by atoms with E-state index in [0.717, 1.165) is 6.07 Å². The maximum atomic E-state index is 12.9. The van der Waals surface area contributed by atoms with Crippen LogP contribution in [0.25, 0.3) is 0 Å². The van der Waals surface area contributed by atoms with E-state index in [1.54, 1.807) is 0 Å². The van der Waals surface area contributed by atoms with E-state index < -0.39 is 23.5 Å². The summed E-state index contributed by atoms with van der Waals surface area (Å²) in [5.41, 5.74) is -1.53. The number of halogens is 5. The summed E-state index contributed by atoms with van der Waals surface area (Å²) in [5.74, 6) is -1.85. The SMILES string of the molecule is O=C(CCCl)Nc1ccc(F)c(C(F)(F)F)c1. The Hall–Kier alpha value is -1.30. The van der Waals surface area contributed by atoms with E-state index in [4.69, 9.17) is 11.6 Å². The van der Waals surface area contributed by atoms with Crippen LogP contribution in [0.15, 0.2) is 18.2 Å². The molecule has 0 fully saturated rings. The van der Waals surface area contributed by atoms with Gasteiger partial charge < -0.3 is 5.32 Å². The Balaban J connectivity index is 2.93. The van der Waals surface area contributed by atoms with E-state index in [1.807, 2.05) is 0 Å². The van der Waals surface area contributed by atoms with Crippen molar-refractivity contribution in [3.63, 3.8) is 0 Å². The first-order valence-corrected chi connectivity index (χ1v) is 5.10. The van der Waals surface area contributed by atoms with Crippen molar-refractivity contribution in [1.82, 2.24) is 0 Å². The highest BCUT2D eigenvalue weighted by Crippen LogP contribution is 2.32. The van der Waals surface area contributed by atoms with Crippen molar-refractivity contribution in [2.75, 3.05) is 11.2 Å². The lowest BCUT2D eigenvalue weighted by Gasteiger charge is -2.10. The molecule has 0 heterocycles. The third-order valence-corrected chi connectivity index (χ3v) is 2.07. The zero-order valence-corrected chi connectivity index (χ0v) is 9.20. The number of rotatable bonds is 3. The predicted octanol–water partition coefficient (Wildman–Crippen LogP) is 3.41. The molecule has 0 unspecified atom stereocenters. The summed E-state index contributed by atoms with van der Waals surface area (Å²) < 4.78 is 49.9. The molecule has 1 aromatic rings. The maximum absolute atomic E-state index is 12.9. The number of nitrogens with one attached hydrogen (secondary N) is 1. The summed E-state index contributed by atoms with van der Waals surface area (Å²) >= 11 is 5.29. The van der Waals surface area contributed by atoms with Gasteiger partial charge in [-0.2, -0.15) is 13.2 Å². The number of hydrogen-bond acceptors (Lipinski definition) is 1. The summed E-state index contributed by atoms with van der Waals surface area (Å²) in [7, 11) is 0. The summed E-state index contributed by atoms with van der Waals surface area (Å²) in [6.45, 7) is 0. The molecule has 2 nitrogen and oxygen atoms in total. The van der Waals surface area contributed by atoms with E-state index in [2.05, 4.69) is 5.32 Å². The van der Waals surface area contributed by atoms with Gasteiger partial charge >= 0.3 is 6.18 Å². The van der Waals surface area contributed by atoms with Crippen molar-refractivity contribution in [1.29, 1.82) is 0 Å². The minimum Gasteiger partial charge on any atom is -0.326 e. The summed E-state index contributed by atoms with van der Waals surface area (Å²) in [4.78, 5) is 11.1. The number of hydrogen-bond donors (Lipinski definition) is 1. The van der Waals surface area contributed by atoms with Crippen LogP contribution in [0.3, 0.4) is 0 Å². The number of carbonyl (C=O) groups is 1. The summed E-state index contributed by atoms with van der Waals surface area (Å²) in [6.07, 6.45) is -4.82. The van der Waals surface area contributed by atoms with Crippen LogP contribution in [0, 0.1) is 5.82 Å². The Morgan fingerprint density at radius 3 is 2.53 bits per heavy atom. The number of amides is 1. The Morgan fingerprint density at radius 1 is 1.35 bits per heavy atom. The first-order chi connectivity index (χ1) is 7.84. The van der Waals surface area contributed by atoms with Crippen molar-refractivity contribution in [3.05, 3.63) is 29.6 Å². The van der Waals surface area contributed by atoms with Gasteiger partial charge in [0, 0.05) is 18.0 Å².